The third-order valence-corrected chi connectivity index (χ3v) is 3.89. The van der Waals surface area contributed by atoms with Crippen LogP contribution in [0, 0.1) is 5.92 Å². The molecule has 0 fully saturated rings. The van der Waals surface area contributed by atoms with Crippen LogP contribution < -0.4 is 10.5 Å². The van der Waals surface area contributed by atoms with Gasteiger partial charge >= 0.3 is 0 Å². The maximum absolute atomic E-state index is 11.6. The van der Waals surface area contributed by atoms with Gasteiger partial charge in [-0.3, -0.25) is 4.21 Å². The third kappa shape index (κ3) is 5.84. The van der Waals surface area contributed by atoms with E-state index in [9.17, 15) is 4.21 Å². The zero-order chi connectivity index (χ0) is 12.7. The minimum atomic E-state index is -0.781. The van der Waals surface area contributed by atoms with Crippen molar-refractivity contribution in [2.75, 3.05) is 18.1 Å². The molecule has 0 saturated carbocycles. The topological polar surface area (TPSA) is 52.3 Å². The van der Waals surface area contributed by atoms with Gasteiger partial charge in [0.25, 0.3) is 0 Å². The third-order valence-electron chi connectivity index (χ3n) is 2.23. The molecule has 0 aromatic heterocycles. The smallest absolute Gasteiger partial charge is 0.119 e. The summed E-state index contributed by atoms with van der Waals surface area (Å²) in [7, 11) is -0.781. The van der Waals surface area contributed by atoms with Crippen LogP contribution in [0.15, 0.2) is 24.3 Å². The Morgan fingerprint density at radius 1 is 1.41 bits per heavy atom. The summed E-state index contributed by atoms with van der Waals surface area (Å²) in [6.45, 7) is 5.15. The molecule has 0 aliphatic rings. The van der Waals surface area contributed by atoms with Crippen LogP contribution in [0.25, 0.3) is 0 Å². The highest BCUT2D eigenvalue weighted by atomic mass is 32.2. The van der Waals surface area contributed by atoms with Crippen molar-refractivity contribution < 1.29 is 8.95 Å². The number of benzene rings is 1. The van der Waals surface area contributed by atoms with Crippen LogP contribution in [0.1, 0.15) is 19.4 Å². The highest BCUT2D eigenvalue weighted by molar-refractivity contribution is 7.85. The van der Waals surface area contributed by atoms with E-state index in [1.54, 1.807) is 0 Å². The first kappa shape index (κ1) is 14.2. The van der Waals surface area contributed by atoms with E-state index >= 15 is 0 Å². The quantitative estimate of drug-likeness (QED) is 0.810. The second kappa shape index (κ2) is 7.45. The Labute approximate surface area is 106 Å². The van der Waals surface area contributed by atoms with Crippen molar-refractivity contribution in [1.29, 1.82) is 0 Å². The molecule has 0 heterocycles. The molecule has 1 aromatic carbocycles. The molecule has 0 radical (unpaired) electrons. The lowest BCUT2D eigenvalue weighted by molar-refractivity contribution is 0.342. The standard InChI is InChI=1S/C13H21NO2S/c1-11(2)10-17(15)7-6-16-13-5-3-4-12(8-13)9-14/h3-5,8,11H,6-7,9-10,14H2,1-2H3. The predicted octanol–water partition coefficient (Wildman–Crippen LogP) is 1.93. The van der Waals surface area contributed by atoms with Gasteiger partial charge in [0.15, 0.2) is 0 Å². The van der Waals surface area contributed by atoms with Crippen molar-refractivity contribution in [2.24, 2.45) is 11.7 Å². The molecule has 0 aliphatic carbocycles. The summed E-state index contributed by atoms with van der Waals surface area (Å²) < 4.78 is 17.1. The van der Waals surface area contributed by atoms with E-state index in [1.165, 1.54) is 0 Å². The molecule has 0 bridgehead atoms. The summed E-state index contributed by atoms with van der Waals surface area (Å²) in [6.07, 6.45) is 0. The Morgan fingerprint density at radius 3 is 2.82 bits per heavy atom. The van der Waals surface area contributed by atoms with Crippen molar-refractivity contribution in [3.63, 3.8) is 0 Å². The second-order valence-corrected chi connectivity index (χ2v) is 6.03. The number of nitrogens with two attached hydrogens (primary N) is 1. The molecule has 0 aliphatic heterocycles. The van der Waals surface area contributed by atoms with E-state index in [4.69, 9.17) is 10.5 Å². The normalized spacial score (nSPS) is 12.7. The fraction of sp³-hybridized carbons (Fsp3) is 0.538. The van der Waals surface area contributed by atoms with Crippen molar-refractivity contribution >= 4 is 10.8 Å². The van der Waals surface area contributed by atoms with Gasteiger partial charge < -0.3 is 10.5 Å². The van der Waals surface area contributed by atoms with Gasteiger partial charge in [-0.25, -0.2) is 0 Å². The lowest BCUT2D eigenvalue weighted by atomic mass is 10.2. The van der Waals surface area contributed by atoms with Gasteiger partial charge in [-0.15, -0.1) is 0 Å². The summed E-state index contributed by atoms with van der Waals surface area (Å²) >= 11 is 0. The van der Waals surface area contributed by atoms with Gasteiger partial charge in [-0.2, -0.15) is 0 Å². The van der Waals surface area contributed by atoms with Gasteiger partial charge in [0.05, 0.1) is 12.4 Å². The lowest BCUT2D eigenvalue weighted by Gasteiger charge is -2.08. The summed E-state index contributed by atoms with van der Waals surface area (Å²) in [5.74, 6) is 2.60. The predicted molar refractivity (Wildman–Crippen MR) is 72.5 cm³/mol. The summed E-state index contributed by atoms with van der Waals surface area (Å²) in [4.78, 5) is 0. The highest BCUT2D eigenvalue weighted by Crippen LogP contribution is 2.12. The molecule has 1 aromatic rings. The van der Waals surface area contributed by atoms with Gasteiger partial charge in [-0.1, -0.05) is 26.0 Å². The van der Waals surface area contributed by atoms with Crippen LogP contribution >= 0.6 is 0 Å². The van der Waals surface area contributed by atoms with Crippen molar-refractivity contribution in [1.82, 2.24) is 0 Å². The highest BCUT2D eigenvalue weighted by Gasteiger charge is 2.03. The molecule has 1 rings (SSSR count). The van der Waals surface area contributed by atoms with E-state index in [-0.39, 0.29) is 0 Å². The first-order chi connectivity index (χ1) is 8.11. The van der Waals surface area contributed by atoms with Crippen LogP contribution in [0.5, 0.6) is 5.75 Å². The maximum Gasteiger partial charge on any atom is 0.119 e. The average Bonchev–Trinajstić information content (AvgIpc) is 2.28. The molecule has 96 valence electrons. The molecule has 0 saturated heterocycles. The van der Waals surface area contributed by atoms with E-state index in [1.807, 2.05) is 24.3 Å². The lowest BCUT2D eigenvalue weighted by Crippen LogP contribution is -2.14. The minimum absolute atomic E-state index is 0.469. The van der Waals surface area contributed by atoms with Crippen molar-refractivity contribution in [3.8, 4) is 5.75 Å². The Kier molecular flexibility index (Phi) is 6.22. The molecule has 0 spiro atoms. The Morgan fingerprint density at radius 2 is 2.18 bits per heavy atom. The molecule has 1 atom stereocenters. The van der Waals surface area contributed by atoms with Crippen molar-refractivity contribution in [2.45, 2.75) is 20.4 Å². The van der Waals surface area contributed by atoms with Gasteiger partial charge in [-0.05, 0) is 23.6 Å². The number of hydrogen-bond acceptors (Lipinski definition) is 3. The first-order valence-corrected chi connectivity index (χ1v) is 7.37. The molecule has 2 N–H and O–H groups in total. The summed E-state index contributed by atoms with van der Waals surface area (Å²) in [5.41, 5.74) is 6.59. The fourth-order valence-corrected chi connectivity index (χ4v) is 2.65. The van der Waals surface area contributed by atoms with Crippen LogP contribution in [0.2, 0.25) is 0 Å². The number of hydrogen-bond donors (Lipinski definition) is 1. The molecular weight excluding hydrogens is 234 g/mol. The van der Waals surface area contributed by atoms with Crippen molar-refractivity contribution in [3.05, 3.63) is 29.8 Å². The molecule has 17 heavy (non-hydrogen) atoms. The van der Waals surface area contributed by atoms with Crippen LogP contribution in [-0.4, -0.2) is 22.3 Å². The zero-order valence-electron chi connectivity index (χ0n) is 10.5. The number of ether oxygens (including phenoxy) is 1. The fourth-order valence-electron chi connectivity index (χ4n) is 1.47. The summed E-state index contributed by atoms with van der Waals surface area (Å²) in [6, 6.07) is 7.70. The first-order valence-electron chi connectivity index (χ1n) is 5.88. The van der Waals surface area contributed by atoms with Crippen LogP contribution in [0.4, 0.5) is 0 Å². The van der Waals surface area contributed by atoms with Gasteiger partial charge in [0.2, 0.25) is 0 Å². The van der Waals surface area contributed by atoms with Gasteiger partial charge in [0.1, 0.15) is 5.75 Å². The van der Waals surface area contributed by atoms with E-state index in [2.05, 4.69) is 13.8 Å². The molecule has 1 unspecified atom stereocenters. The van der Waals surface area contributed by atoms with Crippen LogP contribution in [0.3, 0.4) is 0 Å². The average molecular weight is 255 g/mol. The Hall–Kier alpha value is -0.870. The van der Waals surface area contributed by atoms with Crippen LogP contribution in [-0.2, 0) is 17.3 Å². The molecule has 4 heteroatoms. The second-order valence-electron chi connectivity index (χ2n) is 4.40. The Bertz CT molecular complexity index is 366. The monoisotopic (exact) mass is 255 g/mol. The molecule has 3 nitrogen and oxygen atoms in total. The Balaban J connectivity index is 2.32. The molecular formula is C13H21NO2S. The number of rotatable bonds is 7. The van der Waals surface area contributed by atoms with Gasteiger partial charge in [0, 0.05) is 23.1 Å². The minimum Gasteiger partial charge on any atom is -0.493 e. The summed E-state index contributed by atoms with van der Waals surface area (Å²) in [5, 5.41) is 0. The maximum atomic E-state index is 11.6. The largest absolute Gasteiger partial charge is 0.493 e. The SMILES string of the molecule is CC(C)CS(=O)CCOc1cccc(CN)c1. The van der Waals surface area contributed by atoms with E-state index in [0.717, 1.165) is 17.1 Å². The van der Waals surface area contributed by atoms with E-state index < -0.39 is 10.8 Å². The molecule has 0 amide bonds. The van der Waals surface area contributed by atoms with E-state index in [0.29, 0.717) is 24.8 Å². The zero-order valence-corrected chi connectivity index (χ0v) is 11.3.